The van der Waals surface area contributed by atoms with E-state index >= 15 is 0 Å². The van der Waals surface area contributed by atoms with Crippen molar-refractivity contribution >= 4 is 0 Å². The Kier molecular flexibility index (Phi) is 3.52. The summed E-state index contributed by atoms with van der Waals surface area (Å²) in [5.74, 6) is 0. The largest absolute Gasteiger partial charge is 0.388 e. The zero-order valence-electron chi connectivity index (χ0n) is 9.99. The molecule has 1 aromatic rings. The molecule has 1 heterocycles. The molecule has 0 aliphatic rings. The first-order valence-electron chi connectivity index (χ1n) is 5.28. The van der Waals surface area contributed by atoms with Crippen LogP contribution in [0, 0.1) is 0 Å². The van der Waals surface area contributed by atoms with Gasteiger partial charge in [-0.1, -0.05) is 20.8 Å². The van der Waals surface area contributed by atoms with Crippen LogP contribution in [0.2, 0.25) is 0 Å². The Morgan fingerprint density at radius 3 is 2.60 bits per heavy atom. The van der Waals surface area contributed by atoms with Gasteiger partial charge in [0, 0.05) is 24.2 Å². The minimum Gasteiger partial charge on any atom is -0.388 e. The van der Waals surface area contributed by atoms with Crippen LogP contribution in [-0.2, 0) is 12.5 Å². The molecule has 1 aromatic heterocycles. The molecule has 0 aliphatic carbocycles. The highest BCUT2D eigenvalue weighted by Crippen LogP contribution is 2.29. The Morgan fingerprint density at radius 1 is 1.53 bits per heavy atom. The molecule has 4 heteroatoms. The number of aliphatic hydroxyl groups is 1. The van der Waals surface area contributed by atoms with Crippen molar-refractivity contribution in [2.24, 2.45) is 12.8 Å². The summed E-state index contributed by atoms with van der Waals surface area (Å²) in [6.07, 6.45) is 1.95. The lowest BCUT2D eigenvalue weighted by Gasteiger charge is -2.19. The van der Waals surface area contributed by atoms with Crippen molar-refractivity contribution in [3.63, 3.8) is 0 Å². The Labute approximate surface area is 91.1 Å². The van der Waals surface area contributed by atoms with E-state index in [-0.39, 0.29) is 5.41 Å². The molecule has 0 fully saturated rings. The van der Waals surface area contributed by atoms with Crippen molar-refractivity contribution in [1.29, 1.82) is 0 Å². The van der Waals surface area contributed by atoms with Gasteiger partial charge in [0.1, 0.15) is 0 Å². The molecule has 0 unspecified atom stereocenters. The second-order valence-electron chi connectivity index (χ2n) is 4.95. The molecular weight excluding hydrogens is 190 g/mol. The van der Waals surface area contributed by atoms with E-state index in [0.29, 0.717) is 13.0 Å². The average Bonchev–Trinajstić information content (AvgIpc) is 2.47. The van der Waals surface area contributed by atoms with E-state index in [1.807, 2.05) is 13.2 Å². The summed E-state index contributed by atoms with van der Waals surface area (Å²) in [7, 11) is 1.87. The summed E-state index contributed by atoms with van der Waals surface area (Å²) < 4.78 is 1.75. The van der Waals surface area contributed by atoms with Gasteiger partial charge in [-0.25, -0.2) is 0 Å². The quantitative estimate of drug-likeness (QED) is 0.787. The van der Waals surface area contributed by atoms with Crippen molar-refractivity contribution in [2.75, 3.05) is 6.54 Å². The number of nitrogens with two attached hydrogens (primary N) is 1. The molecule has 0 radical (unpaired) electrons. The van der Waals surface area contributed by atoms with Crippen molar-refractivity contribution in [2.45, 2.75) is 38.7 Å². The minimum atomic E-state index is -0.502. The normalized spacial score (nSPS) is 14.3. The SMILES string of the molecule is Cn1cc([C@H](O)CCN)c(C(C)(C)C)n1. The predicted octanol–water partition coefficient (Wildman–Crippen LogP) is 1.10. The molecule has 0 aliphatic heterocycles. The first-order chi connectivity index (χ1) is 6.86. The van der Waals surface area contributed by atoms with Gasteiger partial charge in [0.2, 0.25) is 0 Å². The highest BCUT2D eigenvalue weighted by molar-refractivity contribution is 5.26. The van der Waals surface area contributed by atoms with E-state index in [2.05, 4.69) is 25.9 Å². The van der Waals surface area contributed by atoms with Crippen LogP contribution in [0.15, 0.2) is 6.20 Å². The third-order valence-corrected chi connectivity index (χ3v) is 2.37. The van der Waals surface area contributed by atoms with E-state index in [4.69, 9.17) is 5.73 Å². The second kappa shape index (κ2) is 4.33. The minimum absolute atomic E-state index is 0.0494. The Balaban J connectivity index is 3.06. The smallest absolute Gasteiger partial charge is 0.0835 e. The standard InChI is InChI=1S/C11H21N3O/c1-11(2,3)10-8(7-14(4)13-10)9(15)5-6-12/h7,9,15H,5-6,12H2,1-4H3/t9-/m1/s1. The number of rotatable bonds is 3. The molecule has 1 atom stereocenters. The molecular formula is C11H21N3O. The van der Waals surface area contributed by atoms with Crippen molar-refractivity contribution in [3.05, 3.63) is 17.5 Å². The number of aliphatic hydroxyl groups excluding tert-OH is 1. The predicted molar refractivity (Wildman–Crippen MR) is 60.5 cm³/mol. The Bertz CT molecular complexity index is 325. The van der Waals surface area contributed by atoms with Gasteiger partial charge in [-0.3, -0.25) is 4.68 Å². The van der Waals surface area contributed by atoms with E-state index in [1.165, 1.54) is 0 Å². The summed E-state index contributed by atoms with van der Waals surface area (Å²) in [5, 5.41) is 14.3. The summed E-state index contributed by atoms with van der Waals surface area (Å²) in [6, 6.07) is 0. The van der Waals surface area contributed by atoms with Crippen molar-refractivity contribution in [1.82, 2.24) is 9.78 Å². The van der Waals surface area contributed by atoms with E-state index < -0.39 is 6.10 Å². The second-order valence-corrected chi connectivity index (χ2v) is 4.95. The highest BCUT2D eigenvalue weighted by atomic mass is 16.3. The molecule has 0 bridgehead atoms. The molecule has 0 saturated heterocycles. The Hall–Kier alpha value is -0.870. The van der Waals surface area contributed by atoms with Gasteiger partial charge in [-0.2, -0.15) is 5.10 Å². The summed E-state index contributed by atoms with van der Waals surface area (Å²) >= 11 is 0. The third kappa shape index (κ3) is 2.79. The number of hydrogen-bond acceptors (Lipinski definition) is 3. The topological polar surface area (TPSA) is 64.1 Å². The molecule has 0 aromatic carbocycles. The molecule has 86 valence electrons. The van der Waals surface area contributed by atoms with Gasteiger partial charge in [-0.05, 0) is 13.0 Å². The maximum atomic E-state index is 9.94. The van der Waals surface area contributed by atoms with Crippen LogP contribution in [0.1, 0.15) is 44.6 Å². The van der Waals surface area contributed by atoms with Crippen LogP contribution in [0.3, 0.4) is 0 Å². The first kappa shape index (κ1) is 12.2. The zero-order chi connectivity index (χ0) is 11.6. The van der Waals surface area contributed by atoms with Gasteiger partial charge < -0.3 is 10.8 Å². The van der Waals surface area contributed by atoms with Gasteiger partial charge in [-0.15, -0.1) is 0 Å². The number of aromatic nitrogens is 2. The number of aryl methyl sites for hydroxylation is 1. The van der Waals surface area contributed by atoms with Crippen LogP contribution < -0.4 is 5.73 Å². The molecule has 0 saturated carbocycles. The number of hydrogen-bond donors (Lipinski definition) is 2. The third-order valence-electron chi connectivity index (χ3n) is 2.37. The summed E-state index contributed by atoms with van der Waals surface area (Å²) in [4.78, 5) is 0. The maximum absolute atomic E-state index is 9.94. The van der Waals surface area contributed by atoms with Crippen molar-refractivity contribution in [3.8, 4) is 0 Å². The highest BCUT2D eigenvalue weighted by Gasteiger charge is 2.25. The summed E-state index contributed by atoms with van der Waals surface area (Å²) in [5.41, 5.74) is 7.24. The summed E-state index contributed by atoms with van der Waals surface area (Å²) in [6.45, 7) is 6.76. The van der Waals surface area contributed by atoms with Crippen LogP contribution in [0.25, 0.3) is 0 Å². The monoisotopic (exact) mass is 211 g/mol. The molecule has 15 heavy (non-hydrogen) atoms. The molecule has 0 spiro atoms. The average molecular weight is 211 g/mol. The molecule has 1 rings (SSSR count). The lowest BCUT2D eigenvalue weighted by Crippen LogP contribution is -2.17. The molecule has 3 N–H and O–H groups in total. The van der Waals surface area contributed by atoms with Gasteiger partial charge in [0.15, 0.2) is 0 Å². The van der Waals surface area contributed by atoms with E-state index in [1.54, 1.807) is 4.68 Å². The maximum Gasteiger partial charge on any atom is 0.0835 e. The Morgan fingerprint density at radius 2 is 2.13 bits per heavy atom. The van der Waals surface area contributed by atoms with E-state index in [9.17, 15) is 5.11 Å². The number of nitrogens with zero attached hydrogens (tertiary/aromatic N) is 2. The van der Waals surface area contributed by atoms with Crippen molar-refractivity contribution < 1.29 is 5.11 Å². The zero-order valence-corrected chi connectivity index (χ0v) is 9.99. The molecule has 0 amide bonds. The lowest BCUT2D eigenvalue weighted by molar-refractivity contribution is 0.168. The first-order valence-corrected chi connectivity index (χ1v) is 5.28. The fourth-order valence-corrected chi connectivity index (χ4v) is 1.65. The van der Waals surface area contributed by atoms with Gasteiger partial charge in [0.05, 0.1) is 11.8 Å². The van der Waals surface area contributed by atoms with Gasteiger partial charge >= 0.3 is 0 Å². The van der Waals surface area contributed by atoms with Crippen LogP contribution in [0.4, 0.5) is 0 Å². The van der Waals surface area contributed by atoms with Crippen LogP contribution >= 0.6 is 0 Å². The van der Waals surface area contributed by atoms with E-state index in [0.717, 1.165) is 11.3 Å². The van der Waals surface area contributed by atoms with Crippen LogP contribution in [-0.4, -0.2) is 21.4 Å². The fourth-order valence-electron chi connectivity index (χ4n) is 1.65. The molecule has 4 nitrogen and oxygen atoms in total. The lowest BCUT2D eigenvalue weighted by atomic mass is 9.87. The van der Waals surface area contributed by atoms with Gasteiger partial charge in [0.25, 0.3) is 0 Å². The fraction of sp³-hybridized carbons (Fsp3) is 0.727. The van der Waals surface area contributed by atoms with Crippen LogP contribution in [0.5, 0.6) is 0 Å².